The van der Waals surface area contributed by atoms with E-state index in [2.05, 4.69) is 24.5 Å². The fraction of sp³-hybridized carbons (Fsp3) is 0.667. The predicted octanol–water partition coefficient (Wildman–Crippen LogP) is 1.87. The molecule has 0 saturated heterocycles. The van der Waals surface area contributed by atoms with Gasteiger partial charge in [-0.1, -0.05) is 26.8 Å². The molecule has 0 saturated carbocycles. The molecule has 0 bridgehead atoms. The molecule has 0 rings (SSSR count). The van der Waals surface area contributed by atoms with Crippen LogP contribution < -0.4 is 10.6 Å². The Balaban J connectivity index is 3.40. The van der Waals surface area contributed by atoms with E-state index < -0.39 is 0 Å². The van der Waals surface area contributed by atoms with Crippen molar-refractivity contribution in [2.75, 3.05) is 6.54 Å². The van der Waals surface area contributed by atoms with Gasteiger partial charge in [-0.2, -0.15) is 0 Å². The third kappa shape index (κ3) is 7.12. The highest BCUT2D eigenvalue weighted by Crippen LogP contribution is 1.86. The van der Waals surface area contributed by atoms with Crippen LogP contribution >= 0.6 is 0 Å². The number of urea groups is 1. The fourth-order valence-electron chi connectivity index (χ4n) is 0.600. The highest BCUT2D eigenvalue weighted by atomic mass is 16.2. The molecule has 2 amide bonds. The Bertz CT molecular complexity index is 153. The van der Waals surface area contributed by atoms with Gasteiger partial charge in [0.2, 0.25) is 0 Å². The zero-order chi connectivity index (χ0) is 9.40. The summed E-state index contributed by atoms with van der Waals surface area (Å²) in [6.45, 7) is 6.85. The summed E-state index contributed by atoms with van der Waals surface area (Å²) in [6, 6.07) is -0.131. The van der Waals surface area contributed by atoms with E-state index in [-0.39, 0.29) is 6.03 Å². The number of carbonyl (C=O) groups is 1. The van der Waals surface area contributed by atoms with Crippen LogP contribution in [0.5, 0.6) is 0 Å². The van der Waals surface area contributed by atoms with Crippen LogP contribution in [0.3, 0.4) is 0 Å². The molecule has 70 valence electrons. The van der Waals surface area contributed by atoms with Crippen LogP contribution in [0.1, 0.15) is 27.2 Å². The molecule has 0 aliphatic carbocycles. The maximum Gasteiger partial charge on any atom is 0.318 e. The normalized spacial score (nSPS) is 10.7. The van der Waals surface area contributed by atoms with Crippen molar-refractivity contribution in [3.05, 3.63) is 12.3 Å². The molecule has 0 unspecified atom stereocenters. The van der Waals surface area contributed by atoms with Crippen molar-refractivity contribution in [1.82, 2.24) is 10.6 Å². The van der Waals surface area contributed by atoms with E-state index in [1.165, 1.54) is 0 Å². The second-order valence-electron chi connectivity index (χ2n) is 3.06. The molecule has 0 atom stereocenters. The van der Waals surface area contributed by atoms with Gasteiger partial charge in [-0.25, -0.2) is 4.79 Å². The van der Waals surface area contributed by atoms with Crippen molar-refractivity contribution in [3.63, 3.8) is 0 Å². The SMILES string of the molecule is CC/C=C/NC(=O)NCC(C)C. The summed E-state index contributed by atoms with van der Waals surface area (Å²) < 4.78 is 0. The second-order valence-corrected chi connectivity index (χ2v) is 3.06. The van der Waals surface area contributed by atoms with Crippen LogP contribution in [0.4, 0.5) is 4.79 Å². The average molecular weight is 170 g/mol. The molecule has 0 radical (unpaired) electrons. The zero-order valence-electron chi connectivity index (χ0n) is 8.05. The van der Waals surface area contributed by atoms with Crippen LogP contribution in [0.15, 0.2) is 12.3 Å². The van der Waals surface area contributed by atoms with Gasteiger partial charge in [0, 0.05) is 12.7 Å². The van der Waals surface area contributed by atoms with Crippen LogP contribution in [0, 0.1) is 5.92 Å². The lowest BCUT2D eigenvalue weighted by atomic mass is 10.2. The van der Waals surface area contributed by atoms with Crippen molar-refractivity contribution in [2.45, 2.75) is 27.2 Å². The molecule has 0 fully saturated rings. The number of hydrogen-bond acceptors (Lipinski definition) is 1. The standard InChI is InChI=1S/C9H18N2O/c1-4-5-6-10-9(12)11-7-8(2)3/h5-6,8H,4,7H2,1-3H3,(H2,10,11,12)/b6-5+. The third-order valence-corrected chi connectivity index (χ3v) is 1.24. The predicted molar refractivity (Wildman–Crippen MR) is 50.8 cm³/mol. The lowest BCUT2D eigenvalue weighted by Gasteiger charge is -2.06. The fourth-order valence-corrected chi connectivity index (χ4v) is 0.600. The average Bonchev–Trinajstić information content (AvgIpc) is 2.01. The lowest BCUT2D eigenvalue weighted by molar-refractivity contribution is 0.243. The van der Waals surface area contributed by atoms with E-state index in [4.69, 9.17) is 0 Å². The minimum absolute atomic E-state index is 0.131. The molecule has 3 heteroatoms. The molecule has 0 aromatic heterocycles. The van der Waals surface area contributed by atoms with Gasteiger partial charge >= 0.3 is 6.03 Å². The van der Waals surface area contributed by atoms with Crippen molar-refractivity contribution in [2.24, 2.45) is 5.92 Å². The first kappa shape index (κ1) is 11.0. The number of rotatable bonds is 4. The highest BCUT2D eigenvalue weighted by Gasteiger charge is 1.97. The quantitative estimate of drug-likeness (QED) is 0.664. The monoisotopic (exact) mass is 170 g/mol. The van der Waals surface area contributed by atoms with Crippen molar-refractivity contribution < 1.29 is 4.79 Å². The van der Waals surface area contributed by atoms with Gasteiger partial charge in [0.05, 0.1) is 0 Å². The van der Waals surface area contributed by atoms with E-state index in [1.807, 2.05) is 13.0 Å². The van der Waals surface area contributed by atoms with Gasteiger partial charge < -0.3 is 10.6 Å². The maximum absolute atomic E-state index is 10.9. The molecule has 0 aliphatic rings. The number of hydrogen-bond donors (Lipinski definition) is 2. The minimum atomic E-state index is -0.131. The van der Waals surface area contributed by atoms with Crippen LogP contribution in [0.2, 0.25) is 0 Å². The summed E-state index contributed by atoms with van der Waals surface area (Å²) in [5.74, 6) is 0.492. The Kier molecular flexibility index (Phi) is 6.15. The van der Waals surface area contributed by atoms with Gasteiger partial charge in [0.15, 0.2) is 0 Å². The third-order valence-electron chi connectivity index (χ3n) is 1.24. The van der Waals surface area contributed by atoms with E-state index in [9.17, 15) is 4.79 Å². The number of amides is 2. The van der Waals surface area contributed by atoms with E-state index in [0.29, 0.717) is 12.5 Å². The van der Waals surface area contributed by atoms with Gasteiger partial charge in [0.25, 0.3) is 0 Å². The largest absolute Gasteiger partial charge is 0.338 e. The first-order chi connectivity index (χ1) is 5.66. The Morgan fingerprint density at radius 2 is 2.17 bits per heavy atom. The van der Waals surface area contributed by atoms with Crippen molar-refractivity contribution >= 4 is 6.03 Å². The molecule has 0 heterocycles. The van der Waals surface area contributed by atoms with Crippen LogP contribution in [0.25, 0.3) is 0 Å². The van der Waals surface area contributed by atoms with E-state index in [1.54, 1.807) is 6.20 Å². The van der Waals surface area contributed by atoms with Gasteiger partial charge in [0.1, 0.15) is 0 Å². The smallest absolute Gasteiger partial charge is 0.318 e. The van der Waals surface area contributed by atoms with Gasteiger partial charge in [-0.05, 0) is 12.3 Å². The molecule has 3 nitrogen and oxygen atoms in total. The Morgan fingerprint density at radius 1 is 1.50 bits per heavy atom. The summed E-state index contributed by atoms with van der Waals surface area (Å²) in [5.41, 5.74) is 0. The number of nitrogens with one attached hydrogen (secondary N) is 2. The molecule has 0 aromatic carbocycles. The highest BCUT2D eigenvalue weighted by molar-refractivity contribution is 5.74. The molecule has 0 aliphatic heterocycles. The molecule has 0 spiro atoms. The Labute approximate surface area is 74.2 Å². The molecular weight excluding hydrogens is 152 g/mol. The summed E-state index contributed by atoms with van der Waals surface area (Å²) in [6.07, 6.45) is 4.50. The summed E-state index contributed by atoms with van der Waals surface area (Å²) in [7, 11) is 0. The minimum Gasteiger partial charge on any atom is -0.338 e. The molecule has 12 heavy (non-hydrogen) atoms. The van der Waals surface area contributed by atoms with Crippen molar-refractivity contribution in [1.29, 1.82) is 0 Å². The molecule has 0 aromatic rings. The van der Waals surface area contributed by atoms with E-state index in [0.717, 1.165) is 6.42 Å². The van der Waals surface area contributed by atoms with E-state index >= 15 is 0 Å². The summed E-state index contributed by atoms with van der Waals surface area (Å²) >= 11 is 0. The molecule has 2 N–H and O–H groups in total. The topological polar surface area (TPSA) is 41.1 Å². The summed E-state index contributed by atoms with van der Waals surface area (Å²) in [4.78, 5) is 10.9. The van der Waals surface area contributed by atoms with Crippen LogP contribution in [-0.2, 0) is 0 Å². The van der Waals surface area contributed by atoms with Gasteiger partial charge in [-0.3, -0.25) is 0 Å². The first-order valence-corrected chi connectivity index (χ1v) is 4.36. The van der Waals surface area contributed by atoms with Gasteiger partial charge in [-0.15, -0.1) is 0 Å². The maximum atomic E-state index is 10.9. The zero-order valence-corrected chi connectivity index (χ0v) is 8.05. The Morgan fingerprint density at radius 3 is 2.67 bits per heavy atom. The van der Waals surface area contributed by atoms with Crippen LogP contribution in [-0.4, -0.2) is 12.6 Å². The lowest BCUT2D eigenvalue weighted by Crippen LogP contribution is -2.34. The first-order valence-electron chi connectivity index (χ1n) is 4.36. The van der Waals surface area contributed by atoms with Crippen molar-refractivity contribution in [3.8, 4) is 0 Å². The summed E-state index contributed by atoms with van der Waals surface area (Å²) in [5, 5.41) is 5.35. The number of carbonyl (C=O) groups excluding carboxylic acids is 1. The molecular formula is C9H18N2O. The number of allylic oxidation sites excluding steroid dienone is 1. The Hall–Kier alpha value is -0.990. The second kappa shape index (κ2) is 6.70.